The van der Waals surface area contributed by atoms with Crippen molar-refractivity contribution in [1.82, 2.24) is 10.2 Å². The fourth-order valence-corrected chi connectivity index (χ4v) is 2.95. The van der Waals surface area contributed by atoms with Gasteiger partial charge in [0.1, 0.15) is 5.01 Å². The van der Waals surface area contributed by atoms with E-state index in [2.05, 4.69) is 14.9 Å². The van der Waals surface area contributed by atoms with Crippen LogP contribution < -0.4 is 11.5 Å². The number of hydrogen-bond acceptors (Lipinski definition) is 7. The first kappa shape index (κ1) is 17.7. The van der Waals surface area contributed by atoms with Crippen molar-refractivity contribution in [2.45, 2.75) is 25.4 Å². The zero-order valence-corrected chi connectivity index (χ0v) is 13.7. The number of rotatable bonds is 8. The Morgan fingerprint density at radius 1 is 1.08 bits per heavy atom. The maximum Gasteiger partial charge on any atom is 0.405 e. The highest BCUT2D eigenvalue weighted by Gasteiger charge is 2.20. The van der Waals surface area contributed by atoms with Crippen LogP contribution in [0.5, 0.6) is 0 Å². The second-order valence-electron chi connectivity index (χ2n) is 4.90. The Balaban J connectivity index is 1.98. The third-order valence-corrected chi connectivity index (χ3v) is 4.16. The number of unbranched alkanes of at least 4 members (excludes halogenated alkanes) is 1. The molecule has 128 valence electrons. The molecule has 0 aliphatic carbocycles. The molecule has 1 unspecified atom stereocenters. The third kappa shape index (κ3) is 5.51. The van der Waals surface area contributed by atoms with E-state index in [0.717, 1.165) is 10.6 Å². The molecule has 0 spiro atoms. The summed E-state index contributed by atoms with van der Waals surface area (Å²) >= 11 is 1.34. The van der Waals surface area contributed by atoms with E-state index in [-0.39, 0.29) is 6.61 Å². The minimum absolute atomic E-state index is 0.212. The highest BCUT2D eigenvalue weighted by Crippen LogP contribution is 2.31. The lowest BCUT2D eigenvalue weighted by atomic mass is 10.1. The largest absolute Gasteiger partial charge is 0.450 e. The van der Waals surface area contributed by atoms with Crippen molar-refractivity contribution in [1.29, 1.82) is 0 Å². The Morgan fingerprint density at radius 2 is 1.83 bits per heavy atom. The number of amides is 2. The molecule has 0 aliphatic heterocycles. The summed E-state index contributed by atoms with van der Waals surface area (Å²) in [5.74, 6) is 0. The summed E-state index contributed by atoms with van der Waals surface area (Å²) in [4.78, 5) is 21.6. The van der Waals surface area contributed by atoms with Crippen molar-refractivity contribution >= 4 is 23.5 Å². The maximum absolute atomic E-state index is 11.1. The maximum atomic E-state index is 11.1. The molecule has 2 rings (SSSR count). The van der Waals surface area contributed by atoms with Gasteiger partial charge < -0.3 is 20.9 Å². The number of benzene rings is 1. The minimum atomic E-state index is -0.871. The fourth-order valence-electron chi connectivity index (χ4n) is 2.04. The van der Waals surface area contributed by atoms with E-state index >= 15 is 0 Å². The van der Waals surface area contributed by atoms with Gasteiger partial charge in [0.2, 0.25) is 0 Å². The van der Waals surface area contributed by atoms with Crippen molar-refractivity contribution in [3.05, 3.63) is 35.3 Å². The zero-order chi connectivity index (χ0) is 17.4. The van der Waals surface area contributed by atoms with E-state index in [1.165, 1.54) is 11.3 Å². The SMILES string of the molecule is NC(=O)OCCCCC(OC(N)=O)c1nnc(-c2ccccc2)s1. The quantitative estimate of drug-likeness (QED) is 0.704. The molecular formula is C15H18N4O4S. The van der Waals surface area contributed by atoms with E-state index < -0.39 is 18.3 Å². The van der Waals surface area contributed by atoms with Gasteiger partial charge in [-0.05, 0) is 19.3 Å². The summed E-state index contributed by atoms with van der Waals surface area (Å²) in [7, 11) is 0. The molecule has 24 heavy (non-hydrogen) atoms. The first-order valence-electron chi connectivity index (χ1n) is 7.33. The molecule has 0 saturated heterocycles. The molecule has 1 aromatic carbocycles. The number of carbonyl (C=O) groups excluding carboxylic acids is 2. The van der Waals surface area contributed by atoms with Crippen LogP contribution in [0.25, 0.3) is 10.6 Å². The Labute approximate surface area is 142 Å². The Kier molecular flexibility index (Phi) is 6.50. The van der Waals surface area contributed by atoms with E-state index in [1.54, 1.807) is 0 Å². The molecule has 0 saturated carbocycles. The topological polar surface area (TPSA) is 130 Å². The van der Waals surface area contributed by atoms with E-state index in [9.17, 15) is 9.59 Å². The van der Waals surface area contributed by atoms with Crippen molar-refractivity contribution in [3.63, 3.8) is 0 Å². The predicted molar refractivity (Wildman–Crippen MR) is 88.1 cm³/mol. The van der Waals surface area contributed by atoms with Crippen molar-refractivity contribution in [2.75, 3.05) is 6.61 Å². The molecule has 0 fully saturated rings. The molecule has 2 aromatic rings. The van der Waals surface area contributed by atoms with Gasteiger partial charge in [0.25, 0.3) is 0 Å². The van der Waals surface area contributed by atoms with Crippen molar-refractivity contribution < 1.29 is 19.1 Å². The van der Waals surface area contributed by atoms with Crippen LogP contribution in [-0.4, -0.2) is 29.0 Å². The second-order valence-corrected chi connectivity index (χ2v) is 5.91. The van der Waals surface area contributed by atoms with Crippen LogP contribution in [0.3, 0.4) is 0 Å². The lowest BCUT2D eigenvalue weighted by molar-refractivity contribution is 0.0970. The first-order chi connectivity index (χ1) is 11.6. The van der Waals surface area contributed by atoms with Crippen LogP contribution in [0.1, 0.15) is 30.4 Å². The van der Waals surface area contributed by atoms with Gasteiger partial charge in [-0.2, -0.15) is 0 Å². The van der Waals surface area contributed by atoms with Crippen molar-refractivity contribution in [3.8, 4) is 10.6 Å². The number of nitrogens with two attached hydrogens (primary N) is 2. The number of hydrogen-bond donors (Lipinski definition) is 2. The summed E-state index contributed by atoms with van der Waals surface area (Å²) in [6, 6.07) is 9.59. The summed E-state index contributed by atoms with van der Waals surface area (Å²) in [6.45, 7) is 0.212. The first-order valence-corrected chi connectivity index (χ1v) is 8.15. The normalized spacial score (nSPS) is 11.7. The van der Waals surface area contributed by atoms with E-state index in [1.807, 2.05) is 30.3 Å². The molecule has 1 aromatic heterocycles. The molecule has 0 bridgehead atoms. The number of aromatic nitrogens is 2. The summed E-state index contributed by atoms with van der Waals surface area (Å²) < 4.78 is 9.78. The highest BCUT2D eigenvalue weighted by atomic mass is 32.1. The Hall–Kier alpha value is -2.68. The lowest BCUT2D eigenvalue weighted by Crippen LogP contribution is -2.18. The second kappa shape index (κ2) is 8.82. The molecule has 0 aliphatic rings. The molecule has 0 radical (unpaired) electrons. The fraction of sp³-hybridized carbons (Fsp3) is 0.333. The van der Waals surface area contributed by atoms with E-state index in [0.29, 0.717) is 24.3 Å². The van der Waals surface area contributed by atoms with Crippen LogP contribution in [0.2, 0.25) is 0 Å². The Morgan fingerprint density at radius 3 is 2.50 bits per heavy atom. The van der Waals surface area contributed by atoms with Gasteiger partial charge in [-0.25, -0.2) is 9.59 Å². The molecule has 9 heteroatoms. The molecule has 1 heterocycles. The van der Waals surface area contributed by atoms with Gasteiger partial charge in [0, 0.05) is 5.56 Å². The van der Waals surface area contributed by atoms with Crippen LogP contribution in [0.4, 0.5) is 9.59 Å². The van der Waals surface area contributed by atoms with Gasteiger partial charge in [-0.3, -0.25) is 0 Å². The van der Waals surface area contributed by atoms with E-state index in [4.69, 9.17) is 16.2 Å². The van der Waals surface area contributed by atoms with Gasteiger partial charge in [-0.1, -0.05) is 41.7 Å². The van der Waals surface area contributed by atoms with Crippen LogP contribution in [0.15, 0.2) is 30.3 Å². The predicted octanol–water partition coefficient (Wildman–Crippen LogP) is 2.61. The Bertz CT molecular complexity index is 677. The number of nitrogens with zero attached hydrogens (tertiary/aromatic N) is 2. The minimum Gasteiger partial charge on any atom is -0.450 e. The van der Waals surface area contributed by atoms with Gasteiger partial charge in [-0.15, -0.1) is 10.2 Å². The van der Waals surface area contributed by atoms with Crippen LogP contribution in [0, 0.1) is 0 Å². The molecular weight excluding hydrogens is 332 g/mol. The van der Waals surface area contributed by atoms with Gasteiger partial charge in [0.05, 0.1) is 6.61 Å². The van der Waals surface area contributed by atoms with Crippen LogP contribution >= 0.6 is 11.3 Å². The molecule has 1 atom stereocenters. The number of primary amides is 2. The number of carbonyl (C=O) groups is 2. The third-order valence-electron chi connectivity index (χ3n) is 3.10. The molecule has 4 N–H and O–H groups in total. The summed E-state index contributed by atoms with van der Waals surface area (Å²) in [5.41, 5.74) is 11.0. The van der Waals surface area contributed by atoms with Crippen LogP contribution in [-0.2, 0) is 9.47 Å². The zero-order valence-electron chi connectivity index (χ0n) is 12.9. The average Bonchev–Trinajstić information content (AvgIpc) is 3.03. The summed E-state index contributed by atoms with van der Waals surface area (Å²) in [6.07, 6.45) is -0.529. The average molecular weight is 350 g/mol. The monoisotopic (exact) mass is 350 g/mol. The summed E-state index contributed by atoms with van der Waals surface area (Å²) in [5, 5.41) is 9.55. The highest BCUT2D eigenvalue weighted by molar-refractivity contribution is 7.14. The molecule has 8 nitrogen and oxygen atoms in total. The smallest absolute Gasteiger partial charge is 0.405 e. The van der Waals surface area contributed by atoms with Gasteiger partial charge in [0.15, 0.2) is 11.1 Å². The van der Waals surface area contributed by atoms with Crippen molar-refractivity contribution in [2.24, 2.45) is 11.5 Å². The lowest BCUT2D eigenvalue weighted by Gasteiger charge is -2.13. The molecule has 2 amide bonds. The van der Waals surface area contributed by atoms with Gasteiger partial charge >= 0.3 is 12.2 Å². The standard InChI is InChI=1S/C15H18N4O4S/c16-14(20)22-9-5-4-8-11(23-15(17)21)13-19-18-12(24-13)10-6-2-1-3-7-10/h1-3,6-7,11H,4-5,8-9H2,(H2,16,20)(H2,17,21). The number of ether oxygens (including phenoxy) is 2.